The van der Waals surface area contributed by atoms with Crippen LogP contribution in [0.1, 0.15) is 18.4 Å². The standard InChI is InChI=1S/C20H23N5O.2ClH/c26-20(23-18-6-10-21-19-17(18)14-22-24-19)16-8-12-25(13-9-16)11-7-15-4-2-1-3-5-15;;/h1-6,10,14,16H,7-9,11-13H2,(H2,21,22,23,24,26);2*1H. The topological polar surface area (TPSA) is 73.9 Å². The van der Waals surface area contributed by atoms with Gasteiger partial charge in [-0.1, -0.05) is 30.3 Å². The normalized spacial score (nSPS) is 14.9. The van der Waals surface area contributed by atoms with Crippen molar-refractivity contribution in [3.63, 3.8) is 0 Å². The van der Waals surface area contributed by atoms with Crippen molar-refractivity contribution in [1.29, 1.82) is 0 Å². The van der Waals surface area contributed by atoms with Gasteiger partial charge in [0.2, 0.25) is 5.91 Å². The maximum atomic E-state index is 12.6. The van der Waals surface area contributed by atoms with Crippen molar-refractivity contribution < 1.29 is 4.79 Å². The van der Waals surface area contributed by atoms with Gasteiger partial charge in [-0.3, -0.25) is 9.89 Å². The molecule has 1 amide bonds. The minimum absolute atomic E-state index is 0. The molecule has 3 heterocycles. The van der Waals surface area contributed by atoms with Gasteiger partial charge in [-0.05, 0) is 44.0 Å². The number of hydrogen-bond donors (Lipinski definition) is 2. The molecule has 1 saturated heterocycles. The number of aromatic nitrogens is 3. The van der Waals surface area contributed by atoms with Crippen LogP contribution in [0.2, 0.25) is 0 Å². The van der Waals surface area contributed by atoms with Gasteiger partial charge in [-0.15, -0.1) is 24.8 Å². The number of fused-ring (bicyclic) bond motifs is 1. The van der Waals surface area contributed by atoms with Crippen LogP contribution < -0.4 is 5.32 Å². The van der Waals surface area contributed by atoms with Gasteiger partial charge in [-0.2, -0.15) is 5.10 Å². The Kier molecular flexibility index (Phi) is 8.23. The molecule has 0 aliphatic carbocycles. The number of amides is 1. The molecule has 1 aromatic carbocycles. The van der Waals surface area contributed by atoms with Gasteiger partial charge in [0.05, 0.1) is 17.3 Å². The fourth-order valence-corrected chi connectivity index (χ4v) is 3.55. The number of nitrogens with one attached hydrogen (secondary N) is 2. The third kappa shape index (κ3) is 5.22. The van der Waals surface area contributed by atoms with Crippen LogP contribution in [0.25, 0.3) is 11.0 Å². The van der Waals surface area contributed by atoms with Gasteiger partial charge >= 0.3 is 0 Å². The molecular formula is C20H25Cl2N5O. The minimum Gasteiger partial charge on any atom is -0.325 e. The first-order chi connectivity index (χ1) is 12.8. The maximum Gasteiger partial charge on any atom is 0.227 e. The van der Waals surface area contributed by atoms with E-state index < -0.39 is 0 Å². The lowest BCUT2D eigenvalue weighted by atomic mass is 9.95. The number of piperidine rings is 1. The van der Waals surface area contributed by atoms with E-state index >= 15 is 0 Å². The molecule has 0 radical (unpaired) electrons. The molecular weight excluding hydrogens is 397 g/mol. The second kappa shape index (κ2) is 10.4. The summed E-state index contributed by atoms with van der Waals surface area (Å²) in [6.07, 6.45) is 6.25. The maximum absolute atomic E-state index is 12.6. The highest BCUT2D eigenvalue weighted by atomic mass is 35.5. The Hall–Kier alpha value is -2.15. The molecule has 1 aliphatic heterocycles. The summed E-state index contributed by atoms with van der Waals surface area (Å²) in [5.41, 5.74) is 2.84. The largest absolute Gasteiger partial charge is 0.325 e. The van der Waals surface area contributed by atoms with E-state index in [1.165, 1.54) is 5.56 Å². The van der Waals surface area contributed by atoms with Gasteiger partial charge in [0.25, 0.3) is 0 Å². The van der Waals surface area contributed by atoms with Crippen molar-refractivity contribution in [2.45, 2.75) is 19.3 Å². The number of halogens is 2. The molecule has 0 bridgehead atoms. The highest BCUT2D eigenvalue weighted by Crippen LogP contribution is 2.23. The van der Waals surface area contributed by atoms with E-state index in [-0.39, 0.29) is 36.6 Å². The van der Waals surface area contributed by atoms with Crippen LogP contribution in [0.4, 0.5) is 5.69 Å². The molecule has 0 atom stereocenters. The van der Waals surface area contributed by atoms with E-state index in [1.807, 2.05) is 12.1 Å². The lowest BCUT2D eigenvalue weighted by Crippen LogP contribution is -2.39. The number of carbonyl (C=O) groups excluding carboxylic acids is 1. The van der Waals surface area contributed by atoms with Crippen molar-refractivity contribution in [2.24, 2.45) is 5.92 Å². The van der Waals surface area contributed by atoms with Crippen molar-refractivity contribution >= 4 is 47.4 Å². The second-order valence-electron chi connectivity index (χ2n) is 6.83. The van der Waals surface area contributed by atoms with Crippen LogP contribution >= 0.6 is 24.8 Å². The van der Waals surface area contributed by atoms with Crippen molar-refractivity contribution in [3.05, 3.63) is 54.4 Å². The molecule has 6 nitrogen and oxygen atoms in total. The summed E-state index contributed by atoms with van der Waals surface area (Å²) in [6.45, 7) is 3.00. The molecule has 2 aromatic heterocycles. The number of benzene rings is 1. The van der Waals surface area contributed by atoms with Crippen LogP contribution in [0, 0.1) is 5.92 Å². The summed E-state index contributed by atoms with van der Waals surface area (Å²) >= 11 is 0. The Morgan fingerprint density at radius 3 is 2.64 bits per heavy atom. The van der Waals surface area contributed by atoms with Crippen molar-refractivity contribution in [1.82, 2.24) is 20.1 Å². The quantitative estimate of drug-likeness (QED) is 0.658. The lowest BCUT2D eigenvalue weighted by molar-refractivity contribution is -0.121. The molecule has 1 aliphatic rings. The SMILES string of the molecule is Cl.Cl.O=C(Nc1ccnc2[nH]ncc12)C1CCN(CCc2ccccc2)CC1. The average molecular weight is 422 g/mol. The number of rotatable bonds is 5. The number of hydrogen-bond acceptors (Lipinski definition) is 4. The summed E-state index contributed by atoms with van der Waals surface area (Å²) in [4.78, 5) is 19.3. The minimum atomic E-state index is 0. The molecule has 28 heavy (non-hydrogen) atoms. The van der Waals surface area contributed by atoms with Crippen LogP contribution in [0.15, 0.2) is 48.8 Å². The van der Waals surface area contributed by atoms with E-state index in [0.717, 1.165) is 50.0 Å². The summed E-state index contributed by atoms with van der Waals surface area (Å²) in [7, 11) is 0. The van der Waals surface area contributed by atoms with Crippen LogP contribution in [-0.2, 0) is 11.2 Å². The van der Waals surface area contributed by atoms with Gasteiger partial charge in [0.1, 0.15) is 0 Å². The van der Waals surface area contributed by atoms with E-state index in [1.54, 1.807) is 12.4 Å². The Morgan fingerprint density at radius 2 is 1.89 bits per heavy atom. The van der Waals surface area contributed by atoms with E-state index in [4.69, 9.17) is 0 Å². The van der Waals surface area contributed by atoms with Crippen LogP contribution in [0.3, 0.4) is 0 Å². The Labute approximate surface area is 176 Å². The van der Waals surface area contributed by atoms with Gasteiger partial charge in [-0.25, -0.2) is 4.98 Å². The molecule has 1 fully saturated rings. The summed E-state index contributed by atoms with van der Waals surface area (Å²) < 4.78 is 0. The molecule has 3 aromatic rings. The molecule has 0 saturated carbocycles. The monoisotopic (exact) mass is 421 g/mol. The molecule has 2 N–H and O–H groups in total. The summed E-state index contributed by atoms with van der Waals surface area (Å²) in [5.74, 6) is 0.166. The Bertz CT molecular complexity index is 878. The lowest BCUT2D eigenvalue weighted by Gasteiger charge is -2.31. The number of aromatic amines is 1. The molecule has 0 unspecified atom stereocenters. The molecule has 4 rings (SSSR count). The number of H-pyrrole nitrogens is 1. The Morgan fingerprint density at radius 1 is 1.14 bits per heavy atom. The number of pyridine rings is 1. The van der Waals surface area contributed by atoms with Crippen LogP contribution in [-0.4, -0.2) is 45.6 Å². The summed E-state index contributed by atoms with van der Waals surface area (Å²) in [5, 5.41) is 10.7. The van der Waals surface area contributed by atoms with E-state index in [0.29, 0.717) is 5.65 Å². The zero-order chi connectivity index (χ0) is 17.8. The smallest absolute Gasteiger partial charge is 0.227 e. The van der Waals surface area contributed by atoms with Gasteiger partial charge < -0.3 is 10.2 Å². The molecule has 150 valence electrons. The molecule has 0 spiro atoms. The third-order valence-corrected chi connectivity index (χ3v) is 5.13. The van der Waals surface area contributed by atoms with Crippen molar-refractivity contribution in [3.8, 4) is 0 Å². The highest BCUT2D eigenvalue weighted by molar-refractivity contribution is 6.00. The van der Waals surface area contributed by atoms with Gasteiger partial charge in [0.15, 0.2) is 5.65 Å². The highest BCUT2D eigenvalue weighted by Gasteiger charge is 2.25. The van der Waals surface area contributed by atoms with E-state index in [2.05, 4.69) is 49.7 Å². The van der Waals surface area contributed by atoms with Crippen LogP contribution in [0.5, 0.6) is 0 Å². The fraction of sp³-hybridized carbons (Fsp3) is 0.350. The predicted molar refractivity (Wildman–Crippen MR) is 116 cm³/mol. The second-order valence-corrected chi connectivity index (χ2v) is 6.83. The number of anilines is 1. The first kappa shape index (κ1) is 22.1. The number of carbonyl (C=O) groups is 1. The predicted octanol–water partition coefficient (Wildman–Crippen LogP) is 3.69. The van der Waals surface area contributed by atoms with E-state index in [9.17, 15) is 4.79 Å². The number of likely N-dealkylation sites (tertiary alicyclic amines) is 1. The zero-order valence-electron chi connectivity index (χ0n) is 15.5. The fourth-order valence-electron chi connectivity index (χ4n) is 3.55. The summed E-state index contributed by atoms with van der Waals surface area (Å²) in [6, 6.07) is 12.4. The third-order valence-electron chi connectivity index (χ3n) is 5.13. The first-order valence-corrected chi connectivity index (χ1v) is 9.15. The Balaban J connectivity index is 0.00000140. The first-order valence-electron chi connectivity index (χ1n) is 9.15. The average Bonchev–Trinajstić information content (AvgIpc) is 3.17. The van der Waals surface area contributed by atoms with Gasteiger partial charge in [0, 0.05) is 18.7 Å². The zero-order valence-corrected chi connectivity index (χ0v) is 17.1. The van der Waals surface area contributed by atoms with Crippen molar-refractivity contribution in [2.75, 3.05) is 25.0 Å². The number of nitrogens with zero attached hydrogens (tertiary/aromatic N) is 3. The molecule has 8 heteroatoms.